The summed E-state index contributed by atoms with van der Waals surface area (Å²) in [5, 5.41) is 1.35. The Morgan fingerprint density at radius 3 is 2.76 bits per heavy atom. The summed E-state index contributed by atoms with van der Waals surface area (Å²) in [4.78, 5) is 18.3. The second kappa shape index (κ2) is 8.96. The minimum absolute atomic E-state index is 0.00111. The van der Waals surface area contributed by atoms with Gasteiger partial charge in [-0.25, -0.2) is 5.06 Å². The Labute approximate surface area is 104 Å². The van der Waals surface area contributed by atoms with Crippen LogP contribution in [0.15, 0.2) is 24.3 Å². The summed E-state index contributed by atoms with van der Waals surface area (Å²) in [6.07, 6.45) is 4.41. The molecule has 0 saturated carbocycles. The molecule has 1 unspecified atom stereocenters. The molecule has 0 saturated heterocycles. The lowest BCUT2D eigenvalue weighted by Gasteiger charge is -2.32. The molecule has 1 atom stereocenters. The Morgan fingerprint density at radius 2 is 2.29 bits per heavy atom. The van der Waals surface area contributed by atoms with Crippen molar-refractivity contribution in [2.75, 3.05) is 26.7 Å². The molecule has 0 aromatic rings. The van der Waals surface area contributed by atoms with Gasteiger partial charge in [0, 0.05) is 13.1 Å². The topological polar surface area (TPSA) is 32.8 Å². The molecule has 0 fully saturated rings. The van der Waals surface area contributed by atoms with Crippen molar-refractivity contribution in [3.63, 3.8) is 0 Å². The van der Waals surface area contributed by atoms with Gasteiger partial charge in [-0.05, 0) is 14.0 Å². The smallest absolute Gasteiger partial charge is 0.233 e. The number of rotatable bonds is 5. The lowest BCUT2D eigenvalue weighted by molar-refractivity contribution is -0.177. The highest BCUT2D eigenvalue weighted by atomic mass is 16.7. The number of amides is 1. The monoisotopic (exact) mass is 240 g/mol. The number of carbonyl (C=O) groups excluding carboxylic acids is 1. The molecule has 0 spiro atoms. The molecule has 4 nitrogen and oxygen atoms in total. The largest absolute Gasteiger partial charge is 0.300 e. The van der Waals surface area contributed by atoms with E-state index < -0.39 is 0 Å². The van der Waals surface area contributed by atoms with E-state index in [2.05, 4.69) is 24.5 Å². The first-order valence-electron chi connectivity index (χ1n) is 6.00. The molecule has 0 aromatic heterocycles. The lowest BCUT2D eigenvalue weighted by atomic mass is 10.1. The zero-order valence-corrected chi connectivity index (χ0v) is 11.3. The molecular weight excluding hydrogens is 216 g/mol. The van der Waals surface area contributed by atoms with Gasteiger partial charge >= 0.3 is 0 Å². The van der Waals surface area contributed by atoms with Gasteiger partial charge in [-0.15, -0.1) is 6.58 Å². The summed E-state index contributed by atoms with van der Waals surface area (Å²) >= 11 is 0. The summed E-state index contributed by atoms with van der Waals surface area (Å²) in [6, 6.07) is 0.00111. The Bertz CT molecular complexity index is 264. The number of nitrogens with zero attached hydrogens (tertiary/aromatic N) is 2. The highest BCUT2D eigenvalue weighted by Gasteiger charge is 2.21. The van der Waals surface area contributed by atoms with Gasteiger partial charge in [0.15, 0.2) is 0 Å². The SMILES string of the molecule is C=CCON(C=O)C1C=C(C)CN(C)C1.CC. The summed E-state index contributed by atoms with van der Waals surface area (Å²) in [7, 11) is 2.03. The van der Waals surface area contributed by atoms with Crippen molar-refractivity contribution in [3.8, 4) is 0 Å². The van der Waals surface area contributed by atoms with E-state index in [-0.39, 0.29) is 6.04 Å². The molecule has 1 amide bonds. The van der Waals surface area contributed by atoms with E-state index in [0.717, 1.165) is 19.5 Å². The zero-order chi connectivity index (χ0) is 13.3. The second-order valence-electron chi connectivity index (χ2n) is 3.83. The van der Waals surface area contributed by atoms with E-state index in [1.54, 1.807) is 6.08 Å². The number of likely N-dealkylation sites (N-methyl/N-ethyl adjacent to an activating group) is 1. The van der Waals surface area contributed by atoms with Gasteiger partial charge in [-0.2, -0.15) is 0 Å². The molecule has 0 aliphatic carbocycles. The van der Waals surface area contributed by atoms with E-state index in [9.17, 15) is 4.79 Å². The van der Waals surface area contributed by atoms with Crippen LogP contribution in [0.25, 0.3) is 0 Å². The van der Waals surface area contributed by atoms with Gasteiger partial charge in [0.25, 0.3) is 0 Å². The van der Waals surface area contributed by atoms with Crippen LogP contribution in [-0.4, -0.2) is 49.2 Å². The maximum absolute atomic E-state index is 10.8. The van der Waals surface area contributed by atoms with Gasteiger partial charge in [0.05, 0.1) is 12.6 Å². The summed E-state index contributed by atoms with van der Waals surface area (Å²) in [6.45, 7) is 11.7. The van der Waals surface area contributed by atoms with Gasteiger partial charge in [0.2, 0.25) is 6.41 Å². The van der Waals surface area contributed by atoms with Crippen molar-refractivity contribution >= 4 is 6.41 Å². The minimum atomic E-state index is 0.00111. The molecule has 1 rings (SSSR count). The van der Waals surface area contributed by atoms with Crippen molar-refractivity contribution < 1.29 is 9.63 Å². The van der Waals surface area contributed by atoms with E-state index in [4.69, 9.17) is 4.84 Å². The van der Waals surface area contributed by atoms with Gasteiger partial charge in [-0.1, -0.05) is 31.6 Å². The summed E-state index contributed by atoms with van der Waals surface area (Å²) in [5.74, 6) is 0. The third kappa shape index (κ3) is 5.65. The molecule has 0 radical (unpaired) electrons. The fraction of sp³-hybridized carbons (Fsp3) is 0.615. The Kier molecular flexibility index (Phi) is 8.36. The molecule has 4 heteroatoms. The molecule has 0 bridgehead atoms. The quantitative estimate of drug-likeness (QED) is 0.418. The van der Waals surface area contributed by atoms with Gasteiger partial charge in [0.1, 0.15) is 0 Å². The highest BCUT2D eigenvalue weighted by Crippen LogP contribution is 2.12. The first kappa shape index (κ1) is 15.9. The van der Waals surface area contributed by atoms with Crippen LogP contribution in [0.3, 0.4) is 0 Å². The van der Waals surface area contributed by atoms with Gasteiger partial charge < -0.3 is 0 Å². The summed E-state index contributed by atoms with van der Waals surface area (Å²) in [5.41, 5.74) is 1.25. The van der Waals surface area contributed by atoms with Crippen molar-refractivity contribution in [1.82, 2.24) is 9.96 Å². The summed E-state index contributed by atoms with van der Waals surface area (Å²) < 4.78 is 0. The molecule has 98 valence electrons. The fourth-order valence-electron chi connectivity index (χ4n) is 1.74. The van der Waals surface area contributed by atoms with Crippen LogP contribution in [0.2, 0.25) is 0 Å². The predicted molar refractivity (Wildman–Crippen MR) is 70.4 cm³/mol. The van der Waals surface area contributed by atoms with Crippen molar-refractivity contribution in [3.05, 3.63) is 24.3 Å². The third-order valence-corrected chi connectivity index (χ3v) is 2.27. The van der Waals surface area contributed by atoms with Crippen LogP contribution in [0, 0.1) is 0 Å². The van der Waals surface area contributed by atoms with E-state index in [1.165, 1.54) is 10.6 Å². The average Bonchev–Trinajstić information content (AvgIpc) is 2.31. The van der Waals surface area contributed by atoms with E-state index in [0.29, 0.717) is 6.61 Å². The maximum atomic E-state index is 10.8. The molecule has 17 heavy (non-hydrogen) atoms. The lowest BCUT2D eigenvalue weighted by Crippen LogP contribution is -2.44. The molecule has 1 aliphatic rings. The normalized spacial score (nSPS) is 19.8. The molecule has 1 heterocycles. The molecule has 0 aromatic carbocycles. The van der Waals surface area contributed by atoms with Crippen LogP contribution < -0.4 is 0 Å². The average molecular weight is 240 g/mol. The second-order valence-corrected chi connectivity index (χ2v) is 3.83. The first-order chi connectivity index (χ1) is 8.17. The maximum Gasteiger partial charge on any atom is 0.233 e. The van der Waals surface area contributed by atoms with Crippen molar-refractivity contribution in [2.45, 2.75) is 26.8 Å². The predicted octanol–water partition coefficient (Wildman–Crippen LogP) is 1.85. The van der Waals surface area contributed by atoms with Crippen LogP contribution in [0.5, 0.6) is 0 Å². The fourth-order valence-corrected chi connectivity index (χ4v) is 1.74. The standard InChI is InChI=1S/C11H18N2O2.C2H6/c1-4-5-15-13(9-14)11-6-10(2)7-12(3)8-11;1-2/h4,6,9,11H,1,5,7-8H2,2-3H3;1-2H3. The van der Waals surface area contributed by atoms with Gasteiger partial charge in [-0.3, -0.25) is 14.5 Å². The van der Waals surface area contributed by atoms with Crippen LogP contribution in [-0.2, 0) is 9.63 Å². The molecular formula is C13H24N2O2. The molecule has 1 aliphatic heterocycles. The molecule has 0 N–H and O–H groups in total. The Hall–Kier alpha value is -1.13. The number of hydroxylamine groups is 2. The first-order valence-corrected chi connectivity index (χ1v) is 6.00. The Morgan fingerprint density at radius 1 is 1.65 bits per heavy atom. The number of hydrogen-bond acceptors (Lipinski definition) is 3. The third-order valence-electron chi connectivity index (χ3n) is 2.27. The zero-order valence-electron chi connectivity index (χ0n) is 11.3. The van der Waals surface area contributed by atoms with Crippen molar-refractivity contribution in [2.24, 2.45) is 0 Å². The minimum Gasteiger partial charge on any atom is -0.300 e. The number of hydrogen-bond donors (Lipinski definition) is 0. The van der Waals surface area contributed by atoms with Crippen LogP contribution in [0.4, 0.5) is 0 Å². The Balaban J connectivity index is 0.00000121. The van der Waals surface area contributed by atoms with E-state index >= 15 is 0 Å². The van der Waals surface area contributed by atoms with Crippen molar-refractivity contribution in [1.29, 1.82) is 0 Å². The van der Waals surface area contributed by atoms with E-state index in [1.807, 2.05) is 20.9 Å². The van der Waals surface area contributed by atoms with Crippen LogP contribution in [0.1, 0.15) is 20.8 Å². The highest BCUT2D eigenvalue weighted by molar-refractivity contribution is 5.47. The number of carbonyl (C=O) groups is 1. The van der Waals surface area contributed by atoms with Crippen LogP contribution >= 0.6 is 0 Å².